The van der Waals surface area contributed by atoms with Gasteiger partial charge in [0.05, 0.1) is 6.10 Å². The summed E-state index contributed by atoms with van der Waals surface area (Å²) in [5, 5.41) is 18.4. The molecular weight excluding hydrogens is 348 g/mol. The van der Waals surface area contributed by atoms with Crippen LogP contribution in [0.1, 0.15) is 23.2 Å². The Bertz CT molecular complexity index is 719. The second kappa shape index (κ2) is 8.58. The van der Waals surface area contributed by atoms with Crippen LogP contribution in [0.5, 0.6) is 0 Å². The first-order valence-corrected chi connectivity index (χ1v) is 8.68. The summed E-state index contributed by atoms with van der Waals surface area (Å²) in [4.78, 5) is 24.2. The third-order valence-electron chi connectivity index (χ3n) is 4.23. The maximum atomic E-state index is 12.3. The van der Waals surface area contributed by atoms with Crippen molar-refractivity contribution in [2.24, 2.45) is 5.92 Å². The maximum absolute atomic E-state index is 12.3. The number of ketones is 1. The molecule has 0 saturated carbocycles. The van der Waals surface area contributed by atoms with Gasteiger partial charge in [-0.25, -0.2) is 0 Å². The van der Waals surface area contributed by atoms with Gasteiger partial charge in [0, 0.05) is 59.4 Å². The molecule has 2 atom stereocenters. The number of aliphatic hydroxyl groups excluding tert-OH is 1. The lowest BCUT2D eigenvalue weighted by Crippen LogP contribution is -2.34. The number of halogens is 1. The van der Waals surface area contributed by atoms with Crippen LogP contribution in [0.3, 0.4) is 0 Å². The number of carbonyl (C=O) groups excluding carboxylic acids is 2. The molecule has 130 valence electrons. The van der Waals surface area contributed by atoms with E-state index in [0.717, 1.165) is 10.1 Å². The molecule has 0 bridgehead atoms. The largest absolute Gasteiger partial charge is 0.391 e. The van der Waals surface area contributed by atoms with Gasteiger partial charge in [-0.3, -0.25) is 9.59 Å². The minimum absolute atomic E-state index is 0. The Hall–Kier alpha value is -1.47. The van der Waals surface area contributed by atoms with Gasteiger partial charge in [0.15, 0.2) is 5.78 Å². The first-order valence-electron chi connectivity index (χ1n) is 7.80. The zero-order valence-electron chi connectivity index (χ0n) is 13.2. The standard InChI is InChI=1S/C17H20N2O3S.ClH/c20-14(13-10-23-16-4-2-1-3-12(13)16)5-6-17(22)19-8-11-7-18-9-15(11)21;/h1-4,10-11,15,18,21H,5-9H2,(H,19,22);1H. The van der Waals surface area contributed by atoms with Crippen LogP contribution in [0.4, 0.5) is 0 Å². The Morgan fingerprint density at radius 3 is 2.79 bits per heavy atom. The normalized spacial score (nSPS) is 19.9. The van der Waals surface area contributed by atoms with Crippen molar-refractivity contribution in [2.45, 2.75) is 18.9 Å². The van der Waals surface area contributed by atoms with Crippen LogP contribution >= 0.6 is 23.7 Å². The van der Waals surface area contributed by atoms with E-state index in [9.17, 15) is 14.7 Å². The van der Waals surface area contributed by atoms with Gasteiger partial charge in [-0.15, -0.1) is 23.7 Å². The number of fused-ring (bicyclic) bond motifs is 1. The fourth-order valence-corrected chi connectivity index (χ4v) is 3.78. The second-order valence-electron chi connectivity index (χ2n) is 5.86. The number of hydrogen-bond donors (Lipinski definition) is 3. The first kappa shape index (κ1) is 18.9. The average Bonchev–Trinajstić information content (AvgIpc) is 3.16. The second-order valence-corrected chi connectivity index (χ2v) is 6.77. The number of benzene rings is 1. The number of amides is 1. The van der Waals surface area contributed by atoms with Crippen LogP contribution in [0, 0.1) is 5.92 Å². The van der Waals surface area contributed by atoms with Crippen molar-refractivity contribution in [3.8, 4) is 0 Å². The van der Waals surface area contributed by atoms with Gasteiger partial charge >= 0.3 is 0 Å². The van der Waals surface area contributed by atoms with E-state index >= 15 is 0 Å². The molecule has 24 heavy (non-hydrogen) atoms. The Morgan fingerprint density at radius 1 is 1.25 bits per heavy atom. The van der Waals surface area contributed by atoms with Gasteiger partial charge in [-0.1, -0.05) is 18.2 Å². The Morgan fingerprint density at radius 2 is 2.04 bits per heavy atom. The fourth-order valence-electron chi connectivity index (χ4n) is 2.82. The molecule has 7 heteroatoms. The SMILES string of the molecule is Cl.O=C(CCC(=O)c1csc2ccccc12)NCC1CNCC1O. The third-order valence-corrected chi connectivity index (χ3v) is 5.19. The summed E-state index contributed by atoms with van der Waals surface area (Å²) in [6, 6.07) is 7.80. The van der Waals surface area contributed by atoms with Crippen molar-refractivity contribution in [1.82, 2.24) is 10.6 Å². The monoisotopic (exact) mass is 368 g/mol. The molecule has 1 aromatic carbocycles. The number of hydrogen-bond acceptors (Lipinski definition) is 5. The van der Waals surface area contributed by atoms with Gasteiger partial charge in [0.1, 0.15) is 0 Å². The molecule has 2 heterocycles. The molecule has 2 aromatic rings. The number of nitrogens with one attached hydrogen (secondary N) is 2. The molecule has 1 aromatic heterocycles. The summed E-state index contributed by atoms with van der Waals surface area (Å²) in [6.45, 7) is 1.73. The summed E-state index contributed by atoms with van der Waals surface area (Å²) < 4.78 is 1.09. The van der Waals surface area contributed by atoms with Crippen molar-refractivity contribution >= 4 is 45.5 Å². The predicted molar refractivity (Wildman–Crippen MR) is 98.0 cm³/mol. The van der Waals surface area contributed by atoms with Crippen LogP contribution < -0.4 is 10.6 Å². The molecule has 1 aliphatic rings. The van der Waals surface area contributed by atoms with Crippen molar-refractivity contribution < 1.29 is 14.7 Å². The summed E-state index contributed by atoms with van der Waals surface area (Å²) >= 11 is 1.55. The smallest absolute Gasteiger partial charge is 0.220 e. The van der Waals surface area contributed by atoms with Gasteiger partial charge in [-0.05, 0) is 6.07 Å². The van der Waals surface area contributed by atoms with E-state index in [1.54, 1.807) is 11.3 Å². The van der Waals surface area contributed by atoms with Crippen LogP contribution in [0.2, 0.25) is 0 Å². The zero-order valence-corrected chi connectivity index (χ0v) is 14.8. The highest BCUT2D eigenvalue weighted by atomic mass is 35.5. The number of Topliss-reactive ketones (excluding diaryl/α,β-unsaturated/α-hetero) is 1. The lowest BCUT2D eigenvalue weighted by Gasteiger charge is -2.13. The molecule has 0 radical (unpaired) electrons. The fraction of sp³-hybridized carbons (Fsp3) is 0.412. The minimum Gasteiger partial charge on any atom is -0.391 e. The molecule has 1 aliphatic heterocycles. The molecule has 5 nitrogen and oxygen atoms in total. The average molecular weight is 369 g/mol. The zero-order chi connectivity index (χ0) is 16.2. The molecular formula is C17H21ClN2O3S. The molecule has 1 saturated heterocycles. The van der Waals surface area contributed by atoms with Crippen molar-refractivity contribution in [2.75, 3.05) is 19.6 Å². The van der Waals surface area contributed by atoms with Gasteiger partial charge in [0.25, 0.3) is 0 Å². The Labute approximate surface area is 150 Å². The first-order chi connectivity index (χ1) is 11.1. The van der Waals surface area contributed by atoms with E-state index in [0.29, 0.717) is 25.2 Å². The van der Waals surface area contributed by atoms with Crippen molar-refractivity contribution in [1.29, 1.82) is 0 Å². The number of rotatable bonds is 6. The number of carbonyl (C=O) groups is 2. The maximum Gasteiger partial charge on any atom is 0.220 e. The van der Waals surface area contributed by atoms with E-state index in [4.69, 9.17) is 0 Å². The number of thiophene rings is 1. The molecule has 1 amide bonds. The van der Waals surface area contributed by atoms with Crippen LogP contribution in [0.15, 0.2) is 29.6 Å². The summed E-state index contributed by atoms with van der Waals surface area (Å²) in [7, 11) is 0. The Balaban J connectivity index is 0.00000208. The lowest BCUT2D eigenvalue weighted by atomic mass is 10.0. The van der Waals surface area contributed by atoms with Crippen LogP contribution in [-0.2, 0) is 4.79 Å². The highest BCUT2D eigenvalue weighted by Crippen LogP contribution is 2.26. The number of β-amino-alcohol motifs (C(OH)–C–C–N with tert-alkyl or cyclic N) is 1. The summed E-state index contributed by atoms with van der Waals surface area (Å²) in [6.07, 6.45) is -0.0220. The minimum atomic E-state index is -0.408. The van der Waals surface area contributed by atoms with E-state index in [1.807, 2.05) is 29.6 Å². The molecule has 0 spiro atoms. The van der Waals surface area contributed by atoms with Gasteiger partial charge in [-0.2, -0.15) is 0 Å². The molecule has 1 fully saturated rings. The van der Waals surface area contributed by atoms with Crippen LogP contribution in [-0.4, -0.2) is 42.5 Å². The highest BCUT2D eigenvalue weighted by molar-refractivity contribution is 7.17. The Kier molecular flexibility index (Phi) is 6.74. The molecule has 2 unspecified atom stereocenters. The van der Waals surface area contributed by atoms with E-state index in [-0.39, 0.29) is 42.9 Å². The lowest BCUT2D eigenvalue weighted by molar-refractivity contribution is -0.121. The summed E-state index contributed by atoms with van der Waals surface area (Å²) in [5.74, 6) is -0.0902. The number of aliphatic hydroxyl groups is 1. The van der Waals surface area contributed by atoms with Gasteiger partial charge in [0.2, 0.25) is 5.91 Å². The molecule has 3 N–H and O–H groups in total. The van der Waals surface area contributed by atoms with E-state index in [2.05, 4.69) is 10.6 Å². The summed E-state index contributed by atoms with van der Waals surface area (Å²) in [5.41, 5.74) is 0.703. The predicted octanol–water partition coefficient (Wildman–Crippen LogP) is 1.98. The van der Waals surface area contributed by atoms with Crippen molar-refractivity contribution in [3.05, 3.63) is 35.2 Å². The van der Waals surface area contributed by atoms with Crippen LogP contribution in [0.25, 0.3) is 10.1 Å². The molecule has 3 rings (SSSR count). The quantitative estimate of drug-likeness (QED) is 0.681. The van der Waals surface area contributed by atoms with Crippen molar-refractivity contribution in [3.63, 3.8) is 0 Å². The molecule has 0 aliphatic carbocycles. The highest BCUT2D eigenvalue weighted by Gasteiger charge is 2.25. The van der Waals surface area contributed by atoms with Gasteiger partial charge < -0.3 is 15.7 Å². The third kappa shape index (κ3) is 4.33. The topological polar surface area (TPSA) is 78.4 Å². The van der Waals surface area contributed by atoms with E-state index < -0.39 is 6.10 Å². The van der Waals surface area contributed by atoms with E-state index in [1.165, 1.54) is 0 Å².